The zero-order valence-corrected chi connectivity index (χ0v) is 12.5. The maximum Gasteiger partial charge on any atom is 0.434 e. The van der Waals surface area contributed by atoms with E-state index in [-0.39, 0.29) is 6.54 Å². The number of carbonyl (C=O) groups is 1. The van der Waals surface area contributed by atoms with Crippen LogP contribution in [0.25, 0.3) is 0 Å². The summed E-state index contributed by atoms with van der Waals surface area (Å²) < 4.78 is 44.2. The van der Waals surface area contributed by atoms with Gasteiger partial charge in [0.2, 0.25) is 5.95 Å². The molecule has 3 N–H and O–H groups in total. The summed E-state index contributed by atoms with van der Waals surface area (Å²) in [5.74, 6) is -1.05. The number of nitrogens with one attached hydrogen (secondary N) is 1. The van der Waals surface area contributed by atoms with E-state index in [2.05, 4.69) is 20.3 Å². The average molecular weight is 341 g/mol. The summed E-state index contributed by atoms with van der Waals surface area (Å²) in [5, 5.41) is 2.35. The molecule has 1 atom stereocenters. The standard InChI is InChI=1S/C14H14F3N5O2/c1-8(24-9-3-2-4-19-6-9)5-20-12(23)10-7-21-13(18)22-11(10)14(15,16)17/h2-4,6-8H,5H2,1H3,(H,20,23)(H2,18,21,22). The summed E-state index contributed by atoms with van der Waals surface area (Å²) in [6.07, 6.45) is -1.51. The van der Waals surface area contributed by atoms with Gasteiger partial charge in [0.1, 0.15) is 11.9 Å². The highest BCUT2D eigenvalue weighted by molar-refractivity contribution is 5.95. The van der Waals surface area contributed by atoms with Gasteiger partial charge < -0.3 is 15.8 Å². The van der Waals surface area contributed by atoms with Crippen LogP contribution < -0.4 is 15.8 Å². The van der Waals surface area contributed by atoms with Crippen molar-refractivity contribution in [2.45, 2.75) is 19.2 Å². The molecule has 0 spiro atoms. The number of alkyl halides is 3. The molecule has 0 saturated heterocycles. The van der Waals surface area contributed by atoms with Gasteiger partial charge in [0.25, 0.3) is 5.91 Å². The number of carbonyl (C=O) groups excluding carboxylic acids is 1. The minimum atomic E-state index is -4.82. The van der Waals surface area contributed by atoms with Crippen molar-refractivity contribution in [3.63, 3.8) is 0 Å². The zero-order valence-electron chi connectivity index (χ0n) is 12.5. The average Bonchev–Trinajstić information content (AvgIpc) is 2.52. The first-order valence-electron chi connectivity index (χ1n) is 6.82. The molecule has 24 heavy (non-hydrogen) atoms. The van der Waals surface area contributed by atoms with Crippen molar-refractivity contribution in [2.24, 2.45) is 0 Å². The first kappa shape index (κ1) is 17.4. The van der Waals surface area contributed by atoms with E-state index in [1.807, 2.05) is 0 Å². The number of pyridine rings is 1. The first-order valence-corrected chi connectivity index (χ1v) is 6.82. The van der Waals surface area contributed by atoms with Crippen LogP contribution in [0.1, 0.15) is 23.0 Å². The van der Waals surface area contributed by atoms with E-state index in [4.69, 9.17) is 10.5 Å². The van der Waals surface area contributed by atoms with Gasteiger partial charge in [0, 0.05) is 12.4 Å². The van der Waals surface area contributed by atoms with Gasteiger partial charge in [-0.05, 0) is 19.1 Å². The van der Waals surface area contributed by atoms with E-state index in [0.29, 0.717) is 5.75 Å². The van der Waals surface area contributed by atoms with Crippen LogP contribution in [0.2, 0.25) is 0 Å². The Morgan fingerprint density at radius 1 is 1.42 bits per heavy atom. The number of nitrogens with zero attached hydrogens (tertiary/aromatic N) is 3. The molecule has 0 aromatic carbocycles. The lowest BCUT2D eigenvalue weighted by atomic mass is 10.2. The molecule has 0 bridgehead atoms. The lowest BCUT2D eigenvalue weighted by molar-refractivity contribution is -0.141. The normalized spacial score (nSPS) is 12.5. The second-order valence-corrected chi connectivity index (χ2v) is 4.82. The van der Waals surface area contributed by atoms with Crippen LogP contribution in [0.3, 0.4) is 0 Å². The molecule has 10 heteroatoms. The molecule has 0 radical (unpaired) electrons. The number of nitrogen functional groups attached to an aromatic ring is 1. The van der Waals surface area contributed by atoms with Gasteiger partial charge in [-0.1, -0.05) is 0 Å². The molecule has 1 amide bonds. The number of halogens is 3. The maximum atomic E-state index is 12.9. The fourth-order valence-corrected chi connectivity index (χ4v) is 1.80. The Kier molecular flexibility index (Phi) is 5.17. The Labute approximate surface area is 135 Å². The zero-order chi connectivity index (χ0) is 17.7. The van der Waals surface area contributed by atoms with Crippen LogP contribution >= 0.6 is 0 Å². The van der Waals surface area contributed by atoms with E-state index in [0.717, 1.165) is 6.20 Å². The Balaban J connectivity index is 2.02. The maximum absolute atomic E-state index is 12.9. The fraction of sp³-hybridized carbons (Fsp3) is 0.286. The molecule has 0 saturated carbocycles. The van der Waals surface area contributed by atoms with Gasteiger partial charge in [0.15, 0.2) is 5.69 Å². The third kappa shape index (κ3) is 4.54. The Bertz CT molecular complexity index is 709. The summed E-state index contributed by atoms with van der Waals surface area (Å²) in [4.78, 5) is 22.4. The topological polar surface area (TPSA) is 103 Å². The van der Waals surface area contributed by atoms with Crippen LogP contribution in [-0.2, 0) is 6.18 Å². The smallest absolute Gasteiger partial charge is 0.434 e. The predicted octanol–water partition coefficient (Wildman–Crippen LogP) is 1.67. The summed E-state index contributed by atoms with van der Waals surface area (Å²) >= 11 is 0. The number of rotatable bonds is 5. The highest BCUT2D eigenvalue weighted by Crippen LogP contribution is 2.30. The molecular formula is C14H14F3N5O2. The predicted molar refractivity (Wildman–Crippen MR) is 78.1 cm³/mol. The summed E-state index contributed by atoms with van der Waals surface area (Å²) in [6, 6.07) is 3.34. The Hall–Kier alpha value is -2.91. The van der Waals surface area contributed by atoms with Gasteiger partial charge in [-0.3, -0.25) is 9.78 Å². The molecule has 7 nitrogen and oxygen atoms in total. The third-order valence-corrected chi connectivity index (χ3v) is 2.84. The number of aromatic nitrogens is 3. The molecular weight excluding hydrogens is 327 g/mol. The van der Waals surface area contributed by atoms with E-state index in [9.17, 15) is 18.0 Å². The first-order chi connectivity index (χ1) is 11.3. The summed E-state index contributed by atoms with van der Waals surface area (Å²) in [6.45, 7) is 1.63. The van der Waals surface area contributed by atoms with Crippen molar-refractivity contribution >= 4 is 11.9 Å². The van der Waals surface area contributed by atoms with Gasteiger partial charge in [-0.25, -0.2) is 9.97 Å². The Morgan fingerprint density at radius 3 is 2.79 bits per heavy atom. The molecule has 1 unspecified atom stereocenters. The molecule has 0 fully saturated rings. The molecule has 0 aliphatic heterocycles. The summed E-state index contributed by atoms with van der Waals surface area (Å²) in [7, 11) is 0. The summed E-state index contributed by atoms with van der Waals surface area (Å²) in [5.41, 5.74) is 3.07. The number of hydrogen-bond acceptors (Lipinski definition) is 6. The minimum Gasteiger partial charge on any atom is -0.487 e. The highest BCUT2D eigenvalue weighted by atomic mass is 19.4. The van der Waals surface area contributed by atoms with Crippen molar-refractivity contribution in [3.8, 4) is 5.75 Å². The van der Waals surface area contributed by atoms with Crippen LogP contribution in [0, 0.1) is 0 Å². The second kappa shape index (κ2) is 7.11. The van der Waals surface area contributed by atoms with Crippen LogP contribution in [-0.4, -0.2) is 33.5 Å². The largest absolute Gasteiger partial charge is 0.487 e. The van der Waals surface area contributed by atoms with Crippen molar-refractivity contribution in [1.29, 1.82) is 0 Å². The quantitative estimate of drug-likeness (QED) is 0.857. The van der Waals surface area contributed by atoms with Gasteiger partial charge in [0.05, 0.1) is 18.3 Å². The van der Waals surface area contributed by atoms with Gasteiger partial charge in [-0.15, -0.1) is 0 Å². The number of anilines is 1. The number of nitrogens with two attached hydrogens (primary N) is 1. The molecule has 0 aliphatic rings. The third-order valence-electron chi connectivity index (χ3n) is 2.84. The Morgan fingerprint density at radius 2 is 2.17 bits per heavy atom. The number of amides is 1. The van der Waals surface area contributed by atoms with Crippen LogP contribution in [0.4, 0.5) is 19.1 Å². The van der Waals surface area contributed by atoms with E-state index in [1.54, 1.807) is 25.3 Å². The highest BCUT2D eigenvalue weighted by Gasteiger charge is 2.38. The van der Waals surface area contributed by atoms with Crippen molar-refractivity contribution in [3.05, 3.63) is 42.0 Å². The van der Waals surface area contributed by atoms with E-state index in [1.165, 1.54) is 6.20 Å². The molecule has 2 heterocycles. The lowest BCUT2D eigenvalue weighted by Gasteiger charge is -2.16. The monoisotopic (exact) mass is 341 g/mol. The van der Waals surface area contributed by atoms with E-state index < -0.39 is 35.4 Å². The van der Waals surface area contributed by atoms with Crippen LogP contribution in [0.15, 0.2) is 30.7 Å². The molecule has 0 aliphatic carbocycles. The number of hydrogen-bond donors (Lipinski definition) is 2. The van der Waals surface area contributed by atoms with Crippen molar-refractivity contribution in [2.75, 3.05) is 12.3 Å². The van der Waals surface area contributed by atoms with Crippen molar-refractivity contribution in [1.82, 2.24) is 20.3 Å². The lowest BCUT2D eigenvalue weighted by Crippen LogP contribution is -2.35. The molecule has 2 rings (SSSR count). The second-order valence-electron chi connectivity index (χ2n) is 4.82. The molecule has 2 aromatic rings. The van der Waals surface area contributed by atoms with Crippen LogP contribution in [0.5, 0.6) is 5.75 Å². The van der Waals surface area contributed by atoms with E-state index >= 15 is 0 Å². The fourth-order valence-electron chi connectivity index (χ4n) is 1.80. The number of ether oxygens (including phenoxy) is 1. The van der Waals surface area contributed by atoms with Gasteiger partial charge in [-0.2, -0.15) is 13.2 Å². The molecule has 128 valence electrons. The van der Waals surface area contributed by atoms with Gasteiger partial charge >= 0.3 is 6.18 Å². The SMILES string of the molecule is CC(CNC(=O)c1cnc(N)nc1C(F)(F)F)Oc1cccnc1. The molecule has 2 aromatic heterocycles. The minimum absolute atomic E-state index is 0.0185. The van der Waals surface area contributed by atoms with Crippen molar-refractivity contribution < 1.29 is 22.7 Å².